The molecule has 4 fully saturated rings. The summed E-state index contributed by atoms with van der Waals surface area (Å²) in [4.78, 5) is 70.7. The Morgan fingerprint density at radius 1 is 0.647 bits per heavy atom. The van der Waals surface area contributed by atoms with Crippen molar-refractivity contribution >= 4 is 24.0 Å². The SMILES string of the molecule is COC(=O)N[C@H](C(=O)N1CC2(CC1c1ncc(-c3ccc4c(c3)C(F)(F)C(F)(F)c3cc(-c5cnc([C@@H]6CC7(CN6C(=O)[C@@H](NC(=O)OC)C(C)C)OCCO7)[nH]5)ccc3-4)[nH]1)OCCO2)C(C)C. The molecule has 1 aliphatic carbocycles. The fraction of sp³-hybridized carbons (Fsp3) is 0.522. The quantitative estimate of drug-likeness (QED) is 0.132. The van der Waals surface area contributed by atoms with E-state index in [1.807, 2.05) is 0 Å². The van der Waals surface area contributed by atoms with E-state index >= 15 is 17.6 Å². The number of nitrogens with zero attached hydrogens (tertiary/aromatic N) is 4. The van der Waals surface area contributed by atoms with Gasteiger partial charge in [-0.2, -0.15) is 17.6 Å². The van der Waals surface area contributed by atoms with Gasteiger partial charge >= 0.3 is 24.0 Å². The van der Waals surface area contributed by atoms with E-state index in [2.05, 4.69) is 30.6 Å². The number of hydrogen-bond acceptors (Lipinski definition) is 12. The minimum absolute atomic E-state index is 0.0174. The molecule has 4 atom stereocenters. The first-order chi connectivity index (χ1) is 32.3. The summed E-state index contributed by atoms with van der Waals surface area (Å²) >= 11 is 0. The second-order valence-electron chi connectivity index (χ2n) is 18.3. The number of fused-ring (bicyclic) bond motifs is 3. The van der Waals surface area contributed by atoms with E-state index in [0.29, 0.717) is 26.4 Å². The van der Waals surface area contributed by atoms with Crippen molar-refractivity contribution in [2.45, 2.75) is 88.1 Å². The van der Waals surface area contributed by atoms with E-state index < -0.39 is 82.7 Å². The third-order valence-corrected chi connectivity index (χ3v) is 13.4. The number of carbonyl (C=O) groups is 4. The zero-order chi connectivity index (χ0) is 48.5. The lowest BCUT2D eigenvalue weighted by Gasteiger charge is -2.35. The summed E-state index contributed by atoms with van der Waals surface area (Å²) in [5.74, 6) is -12.7. The standard InChI is InChI=1S/C46H52F4N8O10/c1-23(2)35(55-41(61)63-5)39(59)57-21-43(65-11-12-66-43)17-33(57)37-51-19-31(53-37)25-7-9-27-28-10-8-26(16-30(28)46(49,50)45(47,48)29(27)15-25)32-20-52-38(54-32)34-18-44(67-13-14-68-44)22-58(34)40(60)36(24(3)4)56-42(62)64-6/h7-10,15-16,19-20,23-24,33-36H,11-14,17-18,21-22H2,1-6H3,(H,51,53)(H,52,54)(H,55,61)(H,56,62)/t33-,34?,35-,36-/m0/s1. The van der Waals surface area contributed by atoms with E-state index in [1.54, 1.807) is 27.7 Å². The fourth-order valence-corrected chi connectivity index (χ4v) is 9.85. The van der Waals surface area contributed by atoms with Crippen molar-refractivity contribution in [3.8, 4) is 33.6 Å². The molecular formula is C46H52F4N8O10. The number of rotatable bonds is 10. The average molecular weight is 953 g/mol. The molecule has 22 heteroatoms. The number of likely N-dealkylation sites (tertiary alicyclic amines) is 2. The summed E-state index contributed by atoms with van der Waals surface area (Å²) in [6, 6.07) is 4.32. The average Bonchev–Trinajstić information content (AvgIpc) is 4.19. The number of alkyl halides is 4. The van der Waals surface area contributed by atoms with Crippen molar-refractivity contribution in [3.63, 3.8) is 0 Å². The number of aromatic amines is 2. The zero-order valence-electron chi connectivity index (χ0n) is 38.1. The van der Waals surface area contributed by atoms with Crippen LogP contribution in [0.25, 0.3) is 33.6 Å². The van der Waals surface area contributed by atoms with E-state index in [0.717, 1.165) is 12.1 Å². The molecule has 4 aromatic rings. The van der Waals surface area contributed by atoms with Crippen molar-refractivity contribution in [3.05, 3.63) is 71.6 Å². The molecule has 5 aliphatic rings. The second kappa shape index (κ2) is 17.5. The maximum Gasteiger partial charge on any atom is 0.407 e. The molecule has 9 rings (SSSR count). The van der Waals surface area contributed by atoms with Crippen molar-refractivity contribution in [2.75, 3.05) is 53.7 Å². The molecule has 0 bridgehead atoms. The highest BCUT2D eigenvalue weighted by atomic mass is 19.3. The van der Waals surface area contributed by atoms with Gasteiger partial charge in [0, 0.05) is 35.1 Å². The molecule has 68 heavy (non-hydrogen) atoms. The predicted molar refractivity (Wildman–Crippen MR) is 231 cm³/mol. The Balaban J connectivity index is 1.00. The highest BCUT2D eigenvalue weighted by molar-refractivity contribution is 5.88. The van der Waals surface area contributed by atoms with Gasteiger partial charge in [-0.3, -0.25) is 9.59 Å². The van der Waals surface area contributed by atoms with Gasteiger partial charge in [-0.25, -0.2) is 19.6 Å². The molecule has 0 radical (unpaired) electrons. The molecule has 0 saturated carbocycles. The molecule has 2 aromatic heterocycles. The van der Waals surface area contributed by atoms with Crippen LogP contribution in [0, 0.1) is 11.8 Å². The van der Waals surface area contributed by atoms with Crippen LogP contribution in [-0.2, 0) is 49.9 Å². The van der Waals surface area contributed by atoms with Crippen LogP contribution in [0.2, 0.25) is 0 Å². The number of amides is 4. The summed E-state index contributed by atoms with van der Waals surface area (Å²) in [7, 11) is 2.38. The number of aromatic nitrogens is 4. The van der Waals surface area contributed by atoms with Gasteiger partial charge in [0.05, 0.1) is 89.6 Å². The fourth-order valence-electron chi connectivity index (χ4n) is 9.85. The lowest BCUT2D eigenvalue weighted by atomic mass is 9.79. The highest BCUT2D eigenvalue weighted by Gasteiger charge is 2.63. The van der Waals surface area contributed by atoms with Gasteiger partial charge in [-0.05, 0) is 35.1 Å². The number of hydrogen-bond donors (Lipinski definition) is 4. The Morgan fingerprint density at radius 3 is 1.35 bits per heavy atom. The van der Waals surface area contributed by atoms with E-state index in [-0.39, 0.29) is 83.1 Å². The molecule has 4 aliphatic heterocycles. The number of alkyl carbamates (subject to hydrolysis) is 2. The first kappa shape index (κ1) is 47.0. The number of nitrogens with one attached hydrogen (secondary N) is 4. The zero-order valence-corrected chi connectivity index (χ0v) is 38.1. The summed E-state index contributed by atoms with van der Waals surface area (Å²) in [6.07, 6.45) is 1.51. The van der Waals surface area contributed by atoms with E-state index in [4.69, 9.17) is 28.4 Å². The minimum Gasteiger partial charge on any atom is -0.453 e. The van der Waals surface area contributed by atoms with Crippen LogP contribution >= 0.6 is 0 Å². The molecular weight excluding hydrogens is 901 g/mol. The van der Waals surface area contributed by atoms with E-state index in [9.17, 15) is 19.2 Å². The van der Waals surface area contributed by atoms with Crippen LogP contribution < -0.4 is 10.6 Å². The Labute approximate surface area is 387 Å². The lowest BCUT2D eigenvalue weighted by molar-refractivity contribution is -0.225. The van der Waals surface area contributed by atoms with Crippen LogP contribution in [0.5, 0.6) is 0 Å². The van der Waals surface area contributed by atoms with Crippen molar-refractivity contribution in [1.82, 2.24) is 40.4 Å². The molecule has 1 unspecified atom stereocenters. The monoisotopic (exact) mass is 952 g/mol. The molecule has 4 amide bonds. The molecule has 2 aromatic carbocycles. The van der Waals surface area contributed by atoms with Gasteiger partial charge in [0.25, 0.3) is 0 Å². The first-order valence-corrected chi connectivity index (χ1v) is 22.3. The van der Waals surface area contributed by atoms with Gasteiger partial charge in [0.2, 0.25) is 11.8 Å². The summed E-state index contributed by atoms with van der Waals surface area (Å²) in [6.45, 7) is 8.27. The van der Waals surface area contributed by atoms with Gasteiger partial charge < -0.3 is 58.8 Å². The molecule has 4 saturated heterocycles. The number of H-pyrrole nitrogens is 2. The first-order valence-electron chi connectivity index (χ1n) is 22.3. The Hall–Kier alpha value is -6.10. The summed E-state index contributed by atoms with van der Waals surface area (Å²) < 4.78 is 98.9. The number of benzene rings is 2. The Bertz CT molecular complexity index is 2430. The van der Waals surface area contributed by atoms with Crippen LogP contribution in [0.3, 0.4) is 0 Å². The van der Waals surface area contributed by atoms with Crippen molar-refractivity contribution in [1.29, 1.82) is 0 Å². The summed E-state index contributed by atoms with van der Waals surface area (Å²) in [5.41, 5.74) is -1.23. The largest absolute Gasteiger partial charge is 0.453 e. The van der Waals surface area contributed by atoms with Gasteiger partial charge in [0.15, 0.2) is 11.6 Å². The third kappa shape index (κ3) is 8.03. The van der Waals surface area contributed by atoms with Crippen LogP contribution in [0.15, 0.2) is 48.8 Å². The predicted octanol–water partition coefficient (Wildman–Crippen LogP) is 6.13. The van der Waals surface area contributed by atoms with Gasteiger partial charge in [-0.1, -0.05) is 52.0 Å². The minimum atomic E-state index is -4.67. The Morgan fingerprint density at radius 2 is 1.01 bits per heavy atom. The second-order valence-corrected chi connectivity index (χ2v) is 18.3. The Kier molecular flexibility index (Phi) is 12.1. The van der Waals surface area contributed by atoms with Crippen LogP contribution in [0.4, 0.5) is 27.2 Å². The molecule has 18 nitrogen and oxygen atoms in total. The number of carbonyl (C=O) groups excluding carboxylic acids is 4. The van der Waals surface area contributed by atoms with Crippen LogP contribution in [0.1, 0.15) is 75.4 Å². The lowest BCUT2D eigenvalue weighted by Crippen LogP contribution is -2.52. The number of halogens is 4. The van der Waals surface area contributed by atoms with Crippen molar-refractivity contribution in [2.24, 2.45) is 11.8 Å². The maximum atomic E-state index is 16.4. The highest BCUT2D eigenvalue weighted by Crippen LogP contribution is 2.59. The molecule has 2 spiro atoms. The molecule has 364 valence electrons. The third-order valence-electron chi connectivity index (χ3n) is 13.4. The maximum absolute atomic E-state index is 16.4. The number of ether oxygens (including phenoxy) is 6. The van der Waals surface area contributed by atoms with E-state index in [1.165, 1.54) is 60.7 Å². The number of imidazole rings is 2. The smallest absolute Gasteiger partial charge is 0.407 e. The van der Waals surface area contributed by atoms with Crippen LogP contribution in [-0.4, -0.2) is 131 Å². The normalized spacial score (nSPS) is 22.6. The van der Waals surface area contributed by atoms with Crippen molar-refractivity contribution < 1.29 is 65.2 Å². The van der Waals surface area contributed by atoms with Gasteiger partial charge in [0.1, 0.15) is 23.7 Å². The number of methoxy groups -OCH3 is 2. The molecule has 6 heterocycles. The van der Waals surface area contributed by atoms with Gasteiger partial charge in [-0.15, -0.1) is 0 Å². The summed E-state index contributed by atoms with van der Waals surface area (Å²) in [5, 5.41) is 5.18. The topological polar surface area (TPSA) is 212 Å². The molecule has 4 N–H and O–H groups in total.